The Morgan fingerprint density at radius 3 is 2.36 bits per heavy atom. The molecule has 0 saturated carbocycles. The molecule has 4 aromatic rings. The molecule has 0 aliphatic rings. The van der Waals surface area contributed by atoms with Crippen LogP contribution in [-0.4, -0.2) is 14.5 Å². The fourth-order valence-electron chi connectivity index (χ4n) is 3.02. The summed E-state index contributed by atoms with van der Waals surface area (Å²) in [5, 5.41) is 0.391. The Balaban J connectivity index is 2.16. The van der Waals surface area contributed by atoms with Crippen LogP contribution < -0.4 is 5.56 Å². The molecule has 0 bridgehead atoms. The molecule has 0 aliphatic heterocycles. The molecule has 0 aliphatic carbocycles. The van der Waals surface area contributed by atoms with Crippen molar-refractivity contribution in [2.75, 3.05) is 0 Å². The van der Waals surface area contributed by atoms with Crippen molar-refractivity contribution in [2.45, 2.75) is 0 Å². The van der Waals surface area contributed by atoms with Gasteiger partial charge in [-0.25, -0.2) is 8.78 Å². The highest BCUT2D eigenvalue weighted by Crippen LogP contribution is 2.37. The van der Waals surface area contributed by atoms with E-state index < -0.39 is 11.6 Å². The molecule has 4 nitrogen and oxygen atoms in total. The average Bonchev–Trinajstić information content (AvgIpc) is 2.98. The normalized spacial score (nSPS) is 11.2. The maximum Gasteiger partial charge on any atom is 0.260 e. The molecule has 4 rings (SSSR count). The molecule has 3 aromatic heterocycles. The molecule has 0 spiro atoms. The van der Waals surface area contributed by atoms with Crippen molar-refractivity contribution in [3.8, 4) is 22.4 Å². The Labute approximate surface area is 141 Å². The van der Waals surface area contributed by atoms with Crippen LogP contribution in [0, 0.1) is 11.6 Å². The molecule has 0 radical (unpaired) electrons. The van der Waals surface area contributed by atoms with Crippen LogP contribution in [-0.2, 0) is 7.05 Å². The van der Waals surface area contributed by atoms with E-state index in [1.54, 1.807) is 43.8 Å². The van der Waals surface area contributed by atoms with E-state index in [2.05, 4.69) is 9.97 Å². The van der Waals surface area contributed by atoms with Gasteiger partial charge in [0.25, 0.3) is 5.56 Å². The van der Waals surface area contributed by atoms with Gasteiger partial charge < -0.3 is 9.55 Å². The number of H-pyrrole nitrogens is 1. The number of benzene rings is 1. The quantitative estimate of drug-likeness (QED) is 0.604. The summed E-state index contributed by atoms with van der Waals surface area (Å²) < 4.78 is 29.0. The topological polar surface area (TPSA) is 50.7 Å². The van der Waals surface area contributed by atoms with Crippen molar-refractivity contribution in [1.29, 1.82) is 0 Å². The Kier molecular flexibility index (Phi) is 3.46. The Bertz CT molecular complexity index is 1130. The molecule has 3 heterocycles. The van der Waals surface area contributed by atoms with E-state index in [9.17, 15) is 13.6 Å². The summed E-state index contributed by atoms with van der Waals surface area (Å²) in [4.78, 5) is 19.9. The first-order valence-electron chi connectivity index (χ1n) is 7.63. The van der Waals surface area contributed by atoms with Gasteiger partial charge in [0.2, 0.25) is 0 Å². The van der Waals surface area contributed by atoms with Crippen molar-refractivity contribution in [2.24, 2.45) is 7.05 Å². The maximum absolute atomic E-state index is 13.8. The van der Waals surface area contributed by atoms with E-state index in [0.717, 1.165) is 11.6 Å². The van der Waals surface area contributed by atoms with Crippen molar-refractivity contribution < 1.29 is 8.78 Å². The number of halogens is 2. The minimum absolute atomic E-state index is 0.242. The van der Waals surface area contributed by atoms with E-state index in [1.807, 2.05) is 0 Å². The second-order valence-corrected chi connectivity index (χ2v) is 5.79. The summed E-state index contributed by atoms with van der Waals surface area (Å²) >= 11 is 0. The highest BCUT2D eigenvalue weighted by Gasteiger charge is 2.19. The largest absolute Gasteiger partial charge is 0.354 e. The summed E-state index contributed by atoms with van der Waals surface area (Å²) in [5.74, 6) is -1.39. The molecule has 1 aromatic carbocycles. The van der Waals surface area contributed by atoms with Crippen molar-refractivity contribution in [1.82, 2.24) is 14.5 Å². The lowest BCUT2D eigenvalue weighted by Gasteiger charge is -2.06. The molecule has 124 valence electrons. The zero-order valence-electron chi connectivity index (χ0n) is 13.3. The summed E-state index contributed by atoms with van der Waals surface area (Å²) in [5.41, 5.74) is 2.53. The highest BCUT2D eigenvalue weighted by molar-refractivity contribution is 6.03. The smallest absolute Gasteiger partial charge is 0.260 e. The van der Waals surface area contributed by atoms with Gasteiger partial charge in [0.1, 0.15) is 11.6 Å². The second-order valence-electron chi connectivity index (χ2n) is 5.79. The van der Waals surface area contributed by atoms with Crippen LogP contribution in [0.5, 0.6) is 0 Å². The Morgan fingerprint density at radius 1 is 1.00 bits per heavy atom. The van der Waals surface area contributed by atoms with Crippen LogP contribution in [0.4, 0.5) is 8.78 Å². The molecule has 0 fully saturated rings. The molecule has 0 amide bonds. The molecule has 0 saturated heterocycles. The molecular formula is C19H13F2N3O. The number of hydrogen-bond acceptors (Lipinski definition) is 2. The fourth-order valence-corrected chi connectivity index (χ4v) is 3.02. The first-order valence-corrected chi connectivity index (χ1v) is 7.63. The first-order chi connectivity index (χ1) is 12.0. The predicted octanol–water partition coefficient (Wildman–Crippen LogP) is 3.87. The van der Waals surface area contributed by atoms with Crippen molar-refractivity contribution >= 4 is 10.9 Å². The number of rotatable bonds is 2. The standard InChI is InChI=1S/C19H13F2N3O/c1-24-7-4-15-17(19(24)25)16(12-8-13(20)10-14(21)9-12)18(23-15)11-2-5-22-6-3-11/h2-10,23H,1H3. The number of hydrogen-bond donors (Lipinski definition) is 1. The molecule has 0 atom stereocenters. The number of fused-ring (bicyclic) bond motifs is 1. The molecule has 25 heavy (non-hydrogen) atoms. The predicted molar refractivity (Wildman–Crippen MR) is 92.1 cm³/mol. The Morgan fingerprint density at radius 2 is 1.68 bits per heavy atom. The van der Waals surface area contributed by atoms with Gasteiger partial charge in [0, 0.05) is 42.8 Å². The summed E-state index contributed by atoms with van der Waals surface area (Å²) in [6.07, 6.45) is 4.89. The molecule has 1 N–H and O–H groups in total. The summed E-state index contributed by atoms with van der Waals surface area (Å²) in [6, 6.07) is 8.57. The van der Waals surface area contributed by atoms with Crippen molar-refractivity contribution in [3.63, 3.8) is 0 Å². The fraction of sp³-hybridized carbons (Fsp3) is 0.0526. The average molecular weight is 337 g/mol. The van der Waals surface area contributed by atoms with Crippen LogP contribution in [0.2, 0.25) is 0 Å². The van der Waals surface area contributed by atoms with Crippen LogP contribution >= 0.6 is 0 Å². The third kappa shape index (κ3) is 2.52. The molecular weight excluding hydrogens is 324 g/mol. The van der Waals surface area contributed by atoms with Crippen LogP contribution in [0.25, 0.3) is 33.3 Å². The van der Waals surface area contributed by atoms with Gasteiger partial charge in [-0.15, -0.1) is 0 Å². The van der Waals surface area contributed by atoms with Gasteiger partial charge in [0.15, 0.2) is 0 Å². The third-order valence-corrected chi connectivity index (χ3v) is 4.15. The SMILES string of the molecule is Cn1ccc2[nH]c(-c3ccncc3)c(-c3cc(F)cc(F)c3)c2c1=O. The number of aromatic amines is 1. The Hall–Kier alpha value is -3.28. The van der Waals surface area contributed by atoms with Crippen LogP contribution in [0.1, 0.15) is 0 Å². The molecule has 0 unspecified atom stereocenters. The molecule has 6 heteroatoms. The van der Waals surface area contributed by atoms with E-state index in [-0.39, 0.29) is 5.56 Å². The number of pyridine rings is 2. The zero-order valence-corrected chi connectivity index (χ0v) is 13.3. The van der Waals surface area contributed by atoms with Crippen LogP contribution in [0.15, 0.2) is 59.8 Å². The van der Waals surface area contributed by atoms with Gasteiger partial charge >= 0.3 is 0 Å². The van der Waals surface area contributed by atoms with E-state index >= 15 is 0 Å². The van der Waals surface area contributed by atoms with Gasteiger partial charge in [-0.2, -0.15) is 0 Å². The van der Waals surface area contributed by atoms with Gasteiger partial charge in [0.05, 0.1) is 16.6 Å². The van der Waals surface area contributed by atoms with E-state index in [4.69, 9.17) is 0 Å². The number of nitrogens with zero attached hydrogens (tertiary/aromatic N) is 2. The van der Waals surface area contributed by atoms with E-state index in [0.29, 0.717) is 27.7 Å². The minimum Gasteiger partial charge on any atom is -0.354 e. The van der Waals surface area contributed by atoms with Crippen molar-refractivity contribution in [3.05, 3.63) is 77.0 Å². The number of aryl methyl sites for hydroxylation is 1. The lowest BCUT2D eigenvalue weighted by molar-refractivity contribution is 0.584. The third-order valence-electron chi connectivity index (χ3n) is 4.15. The number of aromatic nitrogens is 3. The minimum atomic E-state index is -0.696. The summed E-state index contributed by atoms with van der Waals surface area (Å²) in [7, 11) is 1.64. The summed E-state index contributed by atoms with van der Waals surface area (Å²) in [6.45, 7) is 0. The first kappa shape index (κ1) is 15.3. The van der Waals surface area contributed by atoms with Gasteiger partial charge in [-0.3, -0.25) is 9.78 Å². The number of nitrogens with one attached hydrogen (secondary N) is 1. The van der Waals surface area contributed by atoms with Crippen LogP contribution in [0.3, 0.4) is 0 Å². The monoisotopic (exact) mass is 337 g/mol. The lowest BCUT2D eigenvalue weighted by Crippen LogP contribution is -2.15. The van der Waals surface area contributed by atoms with Gasteiger partial charge in [-0.05, 0) is 35.9 Å². The van der Waals surface area contributed by atoms with E-state index in [1.165, 1.54) is 16.7 Å². The second kappa shape index (κ2) is 5.66. The van der Waals surface area contributed by atoms with Gasteiger partial charge in [-0.1, -0.05) is 0 Å². The lowest BCUT2D eigenvalue weighted by atomic mass is 9.99. The zero-order chi connectivity index (χ0) is 17.6. The maximum atomic E-state index is 13.8. The highest BCUT2D eigenvalue weighted by atomic mass is 19.1.